The van der Waals surface area contributed by atoms with Gasteiger partial charge in [0.25, 0.3) is 11.8 Å². The van der Waals surface area contributed by atoms with E-state index < -0.39 is 29.7 Å². The molecule has 1 atom stereocenters. The van der Waals surface area contributed by atoms with Crippen LogP contribution in [0.25, 0.3) is 22.4 Å². The fourth-order valence-electron chi connectivity index (χ4n) is 7.78. The predicted molar refractivity (Wildman–Crippen MR) is 215 cm³/mol. The van der Waals surface area contributed by atoms with Crippen molar-refractivity contribution >= 4 is 40.6 Å². The number of phenols is 1. The Balaban J connectivity index is 0.850. The van der Waals surface area contributed by atoms with Crippen molar-refractivity contribution in [3.63, 3.8) is 0 Å². The molecule has 0 aliphatic carbocycles. The molecule has 4 heterocycles. The van der Waals surface area contributed by atoms with Gasteiger partial charge in [-0.05, 0) is 77.1 Å². The van der Waals surface area contributed by atoms with E-state index in [2.05, 4.69) is 68.4 Å². The molecule has 3 aliphatic heterocycles. The third kappa shape index (κ3) is 7.76. The Morgan fingerprint density at radius 3 is 2.16 bits per heavy atom. The molecule has 1 unspecified atom stereocenters. The number of hydrogen-bond donors (Lipinski definition) is 2. The summed E-state index contributed by atoms with van der Waals surface area (Å²) >= 11 is 0. The van der Waals surface area contributed by atoms with Crippen LogP contribution in [-0.2, 0) is 9.59 Å². The number of piperazine rings is 1. The first-order chi connectivity index (χ1) is 27.8. The fraction of sp³-hybridized carbons (Fsp3) is 0.244. The number of fused-ring (bicyclic) bond motifs is 1. The Labute approximate surface area is 330 Å². The molecule has 288 valence electrons. The molecule has 2 N–H and O–H groups in total. The lowest BCUT2D eigenvalue weighted by molar-refractivity contribution is -0.136. The number of hydrogen-bond acceptors (Lipinski definition) is 10. The van der Waals surface area contributed by atoms with Crippen molar-refractivity contribution in [2.75, 3.05) is 44.2 Å². The van der Waals surface area contributed by atoms with Crippen LogP contribution in [0.1, 0.15) is 63.6 Å². The lowest BCUT2D eigenvalue weighted by Gasteiger charge is -2.35. The van der Waals surface area contributed by atoms with Gasteiger partial charge in [0.15, 0.2) is 0 Å². The lowest BCUT2D eigenvalue weighted by Crippen LogP contribution is -2.54. The number of piperidine rings is 1. The minimum absolute atomic E-state index is 0.0653. The molecule has 8 rings (SSSR count). The number of anilines is 1. The summed E-state index contributed by atoms with van der Waals surface area (Å²) < 4.78 is 6.19. The molecular weight excluding hydrogens is 721 g/mol. The lowest BCUT2D eigenvalue weighted by atomic mass is 9.88. The van der Waals surface area contributed by atoms with Gasteiger partial charge in [0.1, 0.15) is 30.0 Å². The molecule has 0 bridgehead atoms. The van der Waals surface area contributed by atoms with Crippen LogP contribution in [0.2, 0.25) is 0 Å². The Morgan fingerprint density at radius 2 is 1.49 bits per heavy atom. The molecule has 5 aromatic rings. The van der Waals surface area contributed by atoms with Crippen molar-refractivity contribution in [3.05, 3.63) is 137 Å². The fourth-order valence-corrected chi connectivity index (χ4v) is 7.78. The quantitative estimate of drug-likeness (QED) is 0.125. The van der Waals surface area contributed by atoms with Crippen LogP contribution in [0.3, 0.4) is 0 Å². The zero-order valence-corrected chi connectivity index (χ0v) is 31.6. The Bertz CT molecular complexity index is 2340. The molecule has 4 amide bonds. The first-order valence-electron chi connectivity index (χ1n) is 19.2. The number of nitrogens with one attached hydrogen (secondary N) is 1. The highest BCUT2D eigenvalue weighted by Gasteiger charge is 2.44. The molecule has 0 spiro atoms. The largest absolute Gasteiger partial charge is 0.508 e. The van der Waals surface area contributed by atoms with Crippen LogP contribution in [0, 0.1) is 0 Å². The maximum Gasteiger partial charge on any atom is 0.262 e. The van der Waals surface area contributed by atoms with Crippen LogP contribution >= 0.6 is 0 Å². The maximum atomic E-state index is 13.3. The molecule has 0 radical (unpaired) electrons. The molecular formula is C45H42N6O6. The van der Waals surface area contributed by atoms with E-state index in [1.54, 1.807) is 42.7 Å². The number of carbonyl (C=O) groups is 4. The number of rotatable bonds is 11. The van der Waals surface area contributed by atoms with Crippen molar-refractivity contribution in [1.29, 1.82) is 0 Å². The van der Waals surface area contributed by atoms with Gasteiger partial charge < -0.3 is 14.7 Å². The molecule has 0 saturated carbocycles. The number of ether oxygens (including phenoxy) is 1. The molecule has 2 saturated heterocycles. The smallest absolute Gasteiger partial charge is 0.262 e. The van der Waals surface area contributed by atoms with E-state index in [0.29, 0.717) is 17.9 Å². The number of amides is 4. The van der Waals surface area contributed by atoms with E-state index in [9.17, 15) is 24.3 Å². The summed E-state index contributed by atoms with van der Waals surface area (Å²) in [5.41, 5.74) is 7.26. The second-order valence-corrected chi connectivity index (χ2v) is 14.3. The van der Waals surface area contributed by atoms with Crippen molar-refractivity contribution in [1.82, 2.24) is 25.1 Å². The summed E-state index contributed by atoms with van der Waals surface area (Å²) in [5.74, 6) is -0.359. The maximum absolute atomic E-state index is 13.3. The first-order valence-corrected chi connectivity index (χ1v) is 19.2. The van der Waals surface area contributed by atoms with Gasteiger partial charge in [-0.2, -0.15) is 0 Å². The van der Waals surface area contributed by atoms with E-state index in [1.807, 2.05) is 30.3 Å². The van der Waals surface area contributed by atoms with Crippen molar-refractivity contribution < 1.29 is 29.0 Å². The molecule has 4 aromatic carbocycles. The van der Waals surface area contributed by atoms with Crippen molar-refractivity contribution in [3.8, 4) is 22.8 Å². The van der Waals surface area contributed by atoms with Gasteiger partial charge in [-0.15, -0.1) is 0 Å². The van der Waals surface area contributed by atoms with Gasteiger partial charge in [-0.25, -0.2) is 4.98 Å². The Kier molecular flexibility index (Phi) is 10.6. The van der Waals surface area contributed by atoms with E-state index in [0.717, 1.165) is 72.3 Å². The normalized spacial score (nSPS) is 17.7. The number of allylic oxidation sites excluding steroid dienone is 1. The highest BCUT2D eigenvalue weighted by Crippen LogP contribution is 2.36. The van der Waals surface area contributed by atoms with E-state index in [-0.39, 0.29) is 29.7 Å². The summed E-state index contributed by atoms with van der Waals surface area (Å²) in [5, 5.41) is 12.2. The van der Waals surface area contributed by atoms with Crippen LogP contribution in [-0.4, -0.2) is 93.9 Å². The van der Waals surface area contributed by atoms with Crippen LogP contribution in [0.5, 0.6) is 11.5 Å². The number of phenolic OH excluding ortho intramolecular Hbond substituents is 1. The average Bonchev–Trinajstić information content (AvgIpc) is 3.49. The second kappa shape index (κ2) is 16.2. The monoisotopic (exact) mass is 762 g/mol. The highest BCUT2D eigenvalue weighted by molar-refractivity contribution is 6.23. The number of aromatic hydroxyl groups is 1. The standard InChI is InChI=1S/C45H42N6O6/c1-2-35(29-6-4-3-5-7-29)42(30-8-13-33(52)14-9-30)31-10-15-34(16-11-31)57-25-24-49-20-22-50(23-21-49)40-28-46-38(27-47-40)32-12-17-36-37(26-32)45(56)51(44(36)55)39-18-19-41(53)48-43(39)54/h3-17,26-28,39,52H,2,18-25H2,1H3,(H,48,53,54)/b42-35-. The van der Waals surface area contributed by atoms with E-state index in [4.69, 9.17) is 4.74 Å². The third-order valence-electron chi connectivity index (χ3n) is 10.8. The summed E-state index contributed by atoms with van der Waals surface area (Å²) in [7, 11) is 0. The minimum Gasteiger partial charge on any atom is -0.508 e. The second-order valence-electron chi connectivity index (χ2n) is 14.3. The van der Waals surface area contributed by atoms with Gasteiger partial charge in [0.2, 0.25) is 11.8 Å². The van der Waals surface area contributed by atoms with Crippen molar-refractivity contribution in [2.45, 2.75) is 32.2 Å². The highest BCUT2D eigenvalue weighted by atomic mass is 16.5. The summed E-state index contributed by atoms with van der Waals surface area (Å²) in [6.45, 7) is 6.75. The zero-order valence-electron chi connectivity index (χ0n) is 31.6. The Hall–Kier alpha value is -6.66. The third-order valence-corrected chi connectivity index (χ3v) is 10.8. The predicted octanol–water partition coefficient (Wildman–Crippen LogP) is 5.82. The summed E-state index contributed by atoms with van der Waals surface area (Å²) in [4.78, 5) is 65.2. The number of aromatic nitrogens is 2. The van der Waals surface area contributed by atoms with Gasteiger partial charge in [-0.1, -0.05) is 67.6 Å². The summed E-state index contributed by atoms with van der Waals surface area (Å²) in [6, 6.07) is 29.9. The molecule has 3 aliphatic rings. The number of benzene rings is 4. The van der Waals surface area contributed by atoms with Gasteiger partial charge >= 0.3 is 0 Å². The Morgan fingerprint density at radius 1 is 0.789 bits per heavy atom. The molecule has 57 heavy (non-hydrogen) atoms. The molecule has 2 fully saturated rings. The summed E-state index contributed by atoms with van der Waals surface area (Å²) in [6.07, 6.45) is 4.40. The topological polar surface area (TPSA) is 145 Å². The molecule has 12 nitrogen and oxygen atoms in total. The molecule has 12 heteroatoms. The zero-order chi connectivity index (χ0) is 39.5. The van der Waals surface area contributed by atoms with Gasteiger partial charge in [0.05, 0.1) is 29.2 Å². The number of nitrogens with zero attached hydrogens (tertiary/aromatic N) is 5. The van der Waals surface area contributed by atoms with E-state index in [1.165, 1.54) is 11.1 Å². The van der Waals surface area contributed by atoms with Crippen LogP contribution < -0.4 is 15.0 Å². The van der Waals surface area contributed by atoms with Crippen molar-refractivity contribution in [2.24, 2.45) is 0 Å². The van der Waals surface area contributed by atoms with E-state index >= 15 is 0 Å². The van der Waals surface area contributed by atoms with Crippen LogP contribution in [0.15, 0.2) is 109 Å². The SMILES string of the molecule is CC/C(=C(\c1ccc(O)cc1)c1ccc(OCCN2CCN(c3cnc(-c4ccc5c(c4)C(=O)N(C4CCC(=O)NC4=O)C5=O)cn3)CC2)cc1)c1ccccc1. The first kappa shape index (κ1) is 37.3. The van der Waals surface area contributed by atoms with Gasteiger partial charge in [0, 0.05) is 44.7 Å². The molecule has 1 aromatic heterocycles. The number of imide groups is 2. The van der Waals surface area contributed by atoms with Gasteiger partial charge in [-0.3, -0.25) is 39.3 Å². The number of carbonyl (C=O) groups excluding carboxylic acids is 4. The van der Waals surface area contributed by atoms with Crippen LogP contribution in [0.4, 0.5) is 5.82 Å². The minimum atomic E-state index is -1.02. The average molecular weight is 763 g/mol.